The molecule has 6 heteroatoms. The SMILES string of the molecule is Cc1[nH]c2ccc(F)cc2c1CC(=O)N(CCN(C)C)C1CCN(C)CC1. The molecule has 0 bridgehead atoms. The van der Waals surface area contributed by atoms with Crippen molar-refractivity contribution in [2.75, 3.05) is 47.3 Å². The first-order valence-corrected chi connectivity index (χ1v) is 9.74. The molecule has 1 N–H and O–H groups in total. The van der Waals surface area contributed by atoms with Gasteiger partial charge in [-0.1, -0.05) is 0 Å². The summed E-state index contributed by atoms with van der Waals surface area (Å²) in [5.74, 6) is -0.130. The highest BCUT2D eigenvalue weighted by Crippen LogP contribution is 2.25. The number of rotatable bonds is 6. The molecule has 1 aliphatic heterocycles. The molecule has 1 saturated heterocycles. The van der Waals surface area contributed by atoms with Crippen LogP contribution in [0.2, 0.25) is 0 Å². The van der Waals surface area contributed by atoms with Crippen molar-refractivity contribution in [2.24, 2.45) is 0 Å². The lowest BCUT2D eigenvalue weighted by atomic mass is 10.0. The van der Waals surface area contributed by atoms with Crippen LogP contribution in [0.3, 0.4) is 0 Å². The van der Waals surface area contributed by atoms with E-state index in [1.165, 1.54) is 12.1 Å². The van der Waals surface area contributed by atoms with Crippen LogP contribution in [-0.4, -0.2) is 79.0 Å². The van der Waals surface area contributed by atoms with Crippen molar-refractivity contribution in [1.29, 1.82) is 0 Å². The third kappa shape index (κ3) is 4.68. The second-order valence-corrected chi connectivity index (χ2v) is 8.02. The molecule has 0 atom stereocenters. The van der Waals surface area contributed by atoms with Crippen LogP contribution in [0.15, 0.2) is 18.2 Å². The topological polar surface area (TPSA) is 42.6 Å². The summed E-state index contributed by atoms with van der Waals surface area (Å²) in [6.45, 7) is 5.58. The van der Waals surface area contributed by atoms with Crippen LogP contribution in [0.1, 0.15) is 24.1 Å². The summed E-state index contributed by atoms with van der Waals surface area (Å²) in [4.78, 5) is 23.0. The van der Waals surface area contributed by atoms with E-state index < -0.39 is 0 Å². The van der Waals surface area contributed by atoms with Crippen LogP contribution in [-0.2, 0) is 11.2 Å². The van der Waals surface area contributed by atoms with Crippen molar-refractivity contribution in [2.45, 2.75) is 32.2 Å². The van der Waals surface area contributed by atoms with E-state index in [1.54, 1.807) is 6.07 Å². The second-order valence-electron chi connectivity index (χ2n) is 8.02. The Balaban J connectivity index is 1.81. The van der Waals surface area contributed by atoms with Crippen LogP contribution >= 0.6 is 0 Å². The quantitative estimate of drug-likeness (QED) is 0.845. The lowest BCUT2D eigenvalue weighted by Crippen LogP contribution is -2.49. The first-order valence-electron chi connectivity index (χ1n) is 9.74. The molecule has 0 spiro atoms. The third-order valence-electron chi connectivity index (χ3n) is 5.65. The number of nitrogens with one attached hydrogen (secondary N) is 1. The van der Waals surface area contributed by atoms with E-state index in [0.717, 1.165) is 61.2 Å². The average molecular weight is 375 g/mol. The van der Waals surface area contributed by atoms with Crippen LogP contribution in [0.5, 0.6) is 0 Å². The zero-order valence-corrected chi connectivity index (χ0v) is 16.9. The van der Waals surface area contributed by atoms with Gasteiger partial charge in [-0.15, -0.1) is 0 Å². The number of hydrogen-bond acceptors (Lipinski definition) is 3. The monoisotopic (exact) mass is 374 g/mol. The Bertz CT molecular complexity index is 793. The van der Waals surface area contributed by atoms with E-state index >= 15 is 0 Å². The molecule has 148 valence electrons. The van der Waals surface area contributed by atoms with Gasteiger partial charge in [-0.2, -0.15) is 0 Å². The lowest BCUT2D eigenvalue weighted by Gasteiger charge is -2.38. The van der Waals surface area contributed by atoms with Crippen LogP contribution in [0.25, 0.3) is 10.9 Å². The molecule has 1 aliphatic rings. The van der Waals surface area contributed by atoms with Gasteiger partial charge in [0.05, 0.1) is 6.42 Å². The van der Waals surface area contributed by atoms with Gasteiger partial charge in [-0.3, -0.25) is 4.79 Å². The number of H-pyrrole nitrogens is 1. The minimum atomic E-state index is -0.269. The summed E-state index contributed by atoms with van der Waals surface area (Å²) in [6, 6.07) is 5.01. The van der Waals surface area contributed by atoms with E-state index in [4.69, 9.17) is 0 Å². The zero-order chi connectivity index (χ0) is 19.6. The van der Waals surface area contributed by atoms with Gasteiger partial charge >= 0.3 is 0 Å². The fourth-order valence-corrected chi connectivity index (χ4v) is 3.96. The number of aromatic nitrogens is 1. The van der Waals surface area contributed by atoms with Crippen LogP contribution in [0, 0.1) is 12.7 Å². The number of carbonyl (C=O) groups excluding carboxylic acids is 1. The van der Waals surface area contributed by atoms with Gasteiger partial charge in [0.1, 0.15) is 5.82 Å². The first-order chi connectivity index (χ1) is 12.8. The van der Waals surface area contributed by atoms with Crippen LogP contribution < -0.4 is 0 Å². The number of hydrogen-bond donors (Lipinski definition) is 1. The number of fused-ring (bicyclic) bond motifs is 1. The number of likely N-dealkylation sites (N-methyl/N-ethyl adjacent to an activating group) is 1. The van der Waals surface area contributed by atoms with E-state index in [0.29, 0.717) is 6.42 Å². The molecule has 0 unspecified atom stereocenters. The maximum absolute atomic E-state index is 13.7. The number of benzene rings is 1. The van der Waals surface area contributed by atoms with Crippen molar-refractivity contribution in [3.05, 3.63) is 35.3 Å². The maximum Gasteiger partial charge on any atom is 0.227 e. The van der Waals surface area contributed by atoms with E-state index in [2.05, 4.69) is 26.7 Å². The Kier molecular flexibility index (Phi) is 6.17. The van der Waals surface area contributed by atoms with Gasteiger partial charge in [0, 0.05) is 35.7 Å². The highest BCUT2D eigenvalue weighted by atomic mass is 19.1. The van der Waals surface area contributed by atoms with Gasteiger partial charge in [0.15, 0.2) is 0 Å². The predicted octanol–water partition coefficient (Wildman–Crippen LogP) is 2.64. The molecule has 1 aromatic carbocycles. The smallest absolute Gasteiger partial charge is 0.227 e. The highest BCUT2D eigenvalue weighted by Gasteiger charge is 2.27. The fraction of sp³-hybridized carbons (Fsp3) is 0.571. The number of aryl methyl sites for hydroxylation is 1. The first kappa shape index (κ1) is 19.8. The molecule has 3 rings (SSSR count). The average Bonchev–Trinajstić information content (AvgIpc) is 2.91. The molecule has 1 aromatic heterocycles. The molecule has 2 heterocycles. The second kappa shape index (κ2) is 8.40. The van der Waals surface area contributed by atoms with Gasteiger partial charge in [0.25, 0.3) is 0 Å². The summed E-state index contributed by atoms with van der Waals surface area (Å²) < 4.78 is 13.7. The molecule has 1 amide bonds. The van der Waals surface area contributed by atoms with Crippen molar-refractivity contribution < 1.29 is 9.18 Å². The Morgan fingerprint density at radius 2 is 1.96 bits per heavy atom. The summed E-state index contributed by atoms with van der Waals surface area (Å²) >= 11 is 0. The van der Waals surface area contributed by atoms with Crippen molar-refractivity contribution >= 4 is 16.8 Å². The normalized spacial score (nSPS) is 16.4. The summed E-state index contributed by atoms with van der Waals surface area (Å²) in [6.07, 6.45) is 2.34. The molecule has 0 aliphatic carbocycles. The number of amides is 1. The fourth-order valence-electron chi connectivity index (χ4n) is 3.96. The van der Waals surface area contributed by atoms with Gasteiger partial charge < -0.3 is 19.7 Å². The molecule has 1 fully saturated rings. The molecule has 0 saturated carbocycles. The molecule has 27 heavy (non-hydrogen) atoms. The molecular formula is C21H31FN4O. The van der Waals surface area contributed by atoms with Crippen LogP contribution in [0.4, 0.5) is 4.39 Å². The number of piperidine rings is 1. The minimum absolute atomic E-state index is 0.139. The highest BCUT2D eigenvalue weighted by molar-refractivity contribution is 5.90. The Hall–Kier alpha value is -1.92. The number of likely N-dealkylation sites (tertiary alicyclic amines) is 1. The molecular weight excluding hydrogens is 343 g/mol. The van der Waals surface area contributed by atoms with Crippen molar-refractivity contribution in [3.63, 3.8) is 0 Å². The molecule has 2 aromatic rings. The predicted molar refractivity (Wildman–Crippen MR) is 107 cm³/mol. The lowest BCUT2D eigenvalue weighted by molar-refractivity contribution is -0.133. The Morgan fingerprint density at radius 3 is 2.63 bits per heavy atom. The number of aromatic amines is 1. The third-order valence-corrected chi connectivity index (χ3v) is 5.65. The minimum Gasteiger partial charge on any atom is -0.358 e. The van der Waals surface area contributed by atoms with Gasteiger partial charge in [-0.05, 0) is 77.8 Å². The zero-order valence-electron chi connectivity index (χ0n) is 16.9. The van der Waals surface area contributed by atoms with E-state index in [9.17, 15) is 9.18 Å². The van der Waals surface area contributed by atoms with Gasteiger partial charge in [0.2, 0.25) is 5.91 Å². The largest absolute Gasteiger partial charge is 0.358 e. The summed E-state index contributed by atoms with van der Waals surface area (Å²) in [5, 5.41) is 0.816. The Morgan fingerprint density at radius 1 is 1.26 bits per heavy atom. The molecule has 0 radical (unpaired) electrons. The van der Waals surface area contributed by atoms with Crippen molar-refractivity contribution in [1.82, 2.24) is 19.7 Å². The standard InChI is InChI=1S/C21H31FN4O/c1-15-18(19-13-16(22)5-6-20(19)23-15)14-21(27)26(12-11-24(2)3)17-7-9-25(4)10-8-17/h5-6,13,17,23H,7-12,14H2,1-4H3. The van der Waals surface area contributed by atoms with Crippen molar-refractivity contribution in [3.8, 4) is 0 Å². The van der Waals surface area contributed by atoms with E-state index in [-0.39, 0.29) is 17.8 Å². The Labute approximate surface area is 161 Å². The van der Waals surface area contributed by atoms with E-state index in [1.807, 2.05) is 21.0 Å². The number of halogens is 1. The van der Waals surface area contributed by atoms with Gasteiger partial charge in [-0.25, -0.2) is 4.39 Å². The molecule has 5 nitrogen and oxygen atoms in total. The number of nitrogens with zero attached hydrogens (tertiary/aromatic N) is 3. The number of carbonyl (C=O) groups is 1. The summed E-state index contributed by atoms with van der Waals surface area (Å²) in [7, 11) is 6.19. The maximum atomic E-state index is 13.7. The summed E-state index contributed by atoms with van der Waals surface area (Å²) in [5.41, 5.74) is 2.74.